The van der Waals surface area contributed by atoms with E-state index in [1.54, 1.807) is 13.0 Å². The minimum absolute atomic E-state index is 0.354. The lowest BCUT2D eigenvalue weighted by Gasteiger charge is -1.92. The van der Waals surface area contributed by atoms with Crippen molar-refractivity contribution in [1.82, 2.24) is 0 Å². The van der Waals surface area contributed by atoms with Gasteiger partial charge in [-0.15, -0.1) is 0 Å². The van der Waals surface area contributed by atoms with Crippen molar-refractivity contribution >= 4 is 12.5 Å². The quantitative estimate of drug-likeness (QED) is 0.261. The van der Waals surface area contributed by atoms with Crippen LogP contribution < -0.4 is 0 Å². The third kappa shape index (κ3) is 2.04. The Kier molecular flexibility index (Phi) is 3.28. The van der Waals surface area contributed by atoms with Crippen LogP contribution in [0.4, 0.5) is 0 Å². The zero-order valence-corrected chi connectivity index (χ0v) is 5.35. The summed E-state index contributed by atoms with van der Waals surface area (Å²) < 4.78 is 0. The van der Waals surface area contributed by atoms with Crippen molar-refractivity contribution < 1.29 is 4.79 Å². The van der Waals surface area contributed by atoms with E-state index in [0.29, 0.717) is 17.4 Å². The lowest BCUT2D eigenvalue weighted by atomic mass is 10.1. The fourth-order valence-electron chi connectivity index (χ4n) is 0.429. The van der Waals surface area contributed by atoms with Crippen LogP contribution in [0, 0.1) is 5.41 Å². The number of nitrogens with one attached hydrogen (secondary N) is 1. The molecule has 0 saturated heterocycles. The number of carbonyl (C=O) groups excluding carboxylic acids is 1. The predicted molar refractivity (Wildman–Crippen MR) is 37.7 cm³/mol. The molecule has 0 aromatic heterocycles. The molecule has 0 amide bonds. The van der Waals surface area contributed by atoms with Gasteiger partial charge in [-0.2, -0.15) is 0 Å². The van der Waals surface area contributed by atoms with Crippen molar-refractivity contribution in [3.63, 3.8) is 0 Å². The SMILES string of the molecule is C=C(C=O)/C(C=N)=C\C. The summed E-state index contributed by atoms with van der Waals surface area (Å²) in [7, 11) is 0. The maximum Gasteiger partial charge on any atom is 0.150 e. The van der Waals surface area contributed by atoms with Gasteiger partial charge in [-0.05, 0) is 12.5 Å². The van der Waals surface area contributed by atoms with Gasteiger partial charge < -0.3 is 5.41 Å². The van der Waals surface area contributed by atoms with Crippen LogP contribution in [-0.2, 0) is 4.79 Å². The van der Waals surface area contributed by atoms with Gasteiger partial charge in [0.1, 0.15) is 6.29 Å². The van der Waals surface area contributed by atoms with Gasteiger partial charge in [-0.25, -0.2) is 0 Å². The maximum absolute atomic E-state index is 10.0. The van der Waals surface area contributed by atoms with Crippen molar-refractivity contribution in [2.75, 3.05) is 0 Å². The zero-order chi connectivity index (χ0) is 7.28. The first-order chi connectivity index (χ1) is 4.26. The standard InChI is InChI=1S/C7H9NO/c1-3-7(4-8)6(2)5-9/h3-5,8H,2H2,1H3/b7-3-,8-4?. The lowest BCUT2D eigenvalue weighted by Crippen LogP contribution is -1.88. The van der Waals surface area contributed by atoms with Crippen molar-refractivity contribution in [2.24, 2.45) is 0 Å². The van der Waals surface area contributed by atoms with E-state index in [1.165, 1.54) is 0 Å². The van der Waals surface area contributed by atoms with E-state index in [1.807, 2.05) is 0 Å². The molecule has 0 aliphatic rings. The zero-order valence-electron chi connectivity index (χ0n) is 5.35. The molecular weight excluding hydrogens is 114 g/mol. The molecule has 2 nitrogen and oxygen atoms in total. The second-order valence-corrected chi connectivity index (χ2v) is 1.53. The minimum atomic E-state index is 0.354. The van der Waals surface area contributed by atoms with Crippen LogP contribution >= 0.6 is 0 Å². The second kappa shape index (κ2) is 3.78. The second-order valence-electron chi connectivity index (χ2n) is 1.53. The summed E-state index contributed by atoms with van der Waals surface area (Å²) >= 11 is 0. The highest BCUT2D eigenvalue weighted by Gasteiger charge is 1.92. The molecule has 0 unspecified atom stereocenters. The molecule has 0 aromatic carbocycles. The average molecular weight is 123 g/mol. The van der Waals surface area contributed by atoms with Crippen LogP contribution in [-0.4, -0.2) is 12.5 Å². The first kappa shape index (κ1) is 7.82. The van der Waals surface area contributed by atoms with Gasteiger partial charge in [-0.3, -0.25) is 4.79 Å². The van der Waals surface area contributed by atoms with Gasteiger partial charge in [0, 0.05) is 11.8 Å². The first-order valence-corrected chi connectivity index (χ1v) is 2.57. The van der Waals surface area contributed by atoms with Gasteiger partial charge in [0.25, 0.3) is 0 Å². The van der Waals surface area contributed by atoms with E-state index in [0.717, 1.165) is 6.21 Å². The summed E-state index contributed by atoms with van der Waals surface area (Å²) in [5, 5.41) is 6.78. The molecule has 0 atom stereocenters. The molecule has 0 saturated carbocycles. The molecule has 0 bridgehead atoms. The largest absolute Gasteiger partial charge is 0.308 e. The summed E-state index contributed by atoms with van der Waals surface area (Å²) in [5.41, 5.74) is 0.928. The number of hydrogen-bond acceptors (Lipinski definition) is 2. The topological polar surface area (TPSA) is 40.9 Å². The molecule has 0 aliphatic carbocycles. The molecule has 48 valence electrons. The summed E-state index contributed by atoms with van der Waals surface area (Å²) in [6.45, 7) is 5.19. The number of hydrogen-bond donors (Lipinski definition) is 1. The van der Waals surface area contributed by atoms with E-state index in [4.69, 9.17) is 5.41 Å². The number of allylic oxidation sites excluding steroid dienone is 3. The Balaban J connectivity index is 4.31. The van der Waals surface area contributed by atoms with E-state index in [-0.39, 0.29) is 0 Å². The third-order valence-corrected chi connectivity index (χ3v) is 0.980. The molecule has 0 spiro atoms. The fourth-order valence-corrected chi connectivity index (χ4v) is 0.429. The molecule has 0 aromatic rings. The molecule has 0 heterocycles. The van der Waals surface area contributed by atoms with Gasteiger partial charge in [0.2, 0.25) is 0 Å². The highest BCUT2D eigenvalue weighted by molar-refractivity contribution is 5.94. The van der Waals surface area contributed by atoms with Gasteiger partial charge in [0.05, 0.1) is 0 Å². The number of rotatable bonds is 3. The fraction of sp³-hybridized carbons (Fsp3) is 0.143. The molecule has 9 heavy (non-hydrogen) atoms. The Morgan fingerprint density at radius 2 is 2.22 bits per heavy atom. The van der Waals surface area contributed by atoms with Crippen molar-refractivity contribution in [2.45, 2.75) is 6.92 Å². The van der Waals surface area contributed by atoms with Crippen LogP contribution in [0.25, 0.3) is 0 Å². The molecule has 1 N–H and O–H groups in total. The number of carbonyl (C=O) groups is 1. The molecule has 0 fully saturated rings. The highest BCUT2D eigenvalue weighted by Crippen LogP contribution is 1.99. The highest BCUT2D eigenvalue weighted by atomic mass is 16.1. The maximum atomic E-state index is 10.0. The van der Waals surface area contributed by atoms with Crippen LogP contribution in [0.15, 0.2) is 23.8 Å². The van der Waals surface area contributed by atoms with Crippen molar-refractivity contribution in [3.05, 3.63) is 23.8 Å². The Labute approximate surface area is 54.4 Å². The normalized spacial score (nSPS) is 10.6. The summed E-state index contributed by atoms with van der Waals surface area (Å²) in [6, 6.07) is 0. The van der Waals surface area contributed by atoms with E-state index in [9.17, 15) is 4.79 Å². The van der Waals surface area contributed by atoms with E-state index in [2.05, 4.69) is 6.58 Å². The van der Waals surface area contributed by atoms with E-state index >= 15 is 0 Å². The Bertz CT molecular complexity index is 168. The van der Waals surface area contributed by atoms with Gasteiger partial charge in [0.15, 0.2) is 0 Å². The molecule has 0 radical (unpaired) electrons. The molecule has 2 heteroatoms. The summed E-state index contributed by atoms with van der Waals surface area (Å²) in [5.74, 6) is 0. The van der Waals surface area contributed by atoms with E-state index < -0.39 is 0 Å². The predicted octanol–water partition coefficient (Wildman–Crippen LogP) is 1.34. The molecular formula is C7H9NO. The number of aldehydes is 1. The van der Waals surface area contributed by atoms with Crippen molar-refractivity contribution in [3.8, 4) is 0 Å². The summed E-state index contributed by atoms with van der Waals surface area (Å²) in [4.78, 5) is 10.0. The smallest absolute Gasteiger partial charge is 0.150 e. The average Bonchev–Trinajstić information content (AvgIpc) is 1.90. The van der Waals surface area contributed by atoms with Gasteiger partial charge >= 0.3 is 0 Å². The first-order valence-electron chi connectivity index (χ1n) is 2.57. The molecule has 0 rings (SSSR count). The minimum Gasteiger partial charge on any atom is -0.308 e. The molecule has 0 aliphatic heterocycles. The van der Waals surface area contributed by atoms with Crippen LogP contribution in [0.2, 0.25) is 0 Å². The van der Waals surface area contributed by atoms with Crippen molar-refractivity contribution in [1.29, 1.82) is 5.41 Å². The van der Waals surface area contributed by atoms with Crippen LogP contribution in [0.5, 0.6) is 0 Å². The Morgan fingerprint density at radius 1 is 1.67 bits per heavy atom. The third-order valence-electron chi connectivity index (χ3n) is 0.980. The Hall–Kier alpha value is -1.18. The van der Waals surface area contributed by atoms with Crippen LogP contribution in [0.1, 0.15) is 6.92 Å². The van der Waals surface area contributed by atoms with Gasteiger partial charge in [-0.1, -0.05) is 12.7 Å². The Morgan fingerprint density at radius 3 is 2.33 bits per heavy atom. The summed E-state index contributed by atoms with van der Waals surface area (Å²) in [6.07, 6.45) is 3.42. The monoisotopic (exact) mass is 123 g/mol. The lowest BCUT2D eigenvalue weighted by molar-refractivity contribution is -0.104. The van der Waals surface area contributed by atoms with Crippen LogP contribution in [0.3, 0.4) is 0 Å².